The van der Waals surface area contributed by atoms with Crippen LogP contribution in [0.25, 0.3) is 0 Å². The molecule has 19 heavy (non-hydrogen) atoms. The summed E-state index contributed by atoms with van der Waals surface area (Å²) in [5.41, 5.74) is 7.87. The van der Waals surface area contributed by atoms with Crippen molar-refractivity contribution in [2.75, 3.05) is 11.1 Å². The number of nitrogen functional groups attached to an aromatic ring is 1. The third kappa shape index (κ3) is 3.08. The second-order valence-corrected chi connectivity index (χ2v) is 5.54. The quantitative estimate of drug-likeness (QED) is 0.691. The fourth-order valence-corrected chi connectivity index (χ4v) is 2.76. The zero-order chi connectivity index (χ0) is 14.0. The molecule has 98 valence electrons. The summed E-state index contributed by atoms with van der Waals surface area (Å²) in [5, 5.41) is 12.1. The van der Waals surface area contributed by atoms with Crippen LogP contribution in [0.5, 0.6) is 0 Å². The molecule has 2 aromatic rings. The van der Waals surface area contributed by atoms with E-state index in [0.717, 1.165) is 14.6 Å². The number of carboxylic acid groups (broad SMARTS) is 1. The van der Waals surface area contributed by atoms with E-state index in [1.54, 1.807) is 6.07 Å². The Kier molecular flexibility index (Phi) is 4.11. The summed E-state index contributed by atoms with van der Waals surface area (Å²) >= 11 is 6.88. The van der Waals surface area contributed by atoms with E-state index in [1.165, 1.54) is 12.1 Å². The van der Waals surface area contributed by atoms with Crippen LogP contribution >= 0.6 is 31.9 Å². The molecule has 0 radical (unpaired) electrons. The fraction of sp³-hybridized carbons (Fsp3) is 0. The molecule has 0 unspecified atom stereocenters. The lowest BCUT2D eigenvalue weighted by molar-refractivity contribution is 0.0697. The number of benzene rings is 2. The molecule has 0 fully saturated rings. The highest BCUT2D eigenvalue weighted by Crippen LogP contribution is 2.34. The number of aromatic carboxylic acids is 1. The largest absolute Gasteiger partial charge is 0.478 e. The lowest BCUT2D eigenvalue weighted by atomic mass is 10.1. The first-order valence-electron chi connectivity index (χ1n) is 5.33. The van der Waals surface area contributed by atoms with Crippen LogP contribution in [-0.2, 0) is 0 Å². The van der Waals surface area contributed by atoms with Gasteiger partial charge >= 0.3 is 5.97 Å². The monoisotopic (exact) mass is 384 g/mol. The number of rotatable bonds is 3. The Morgan fingerprint density at radius 3 is 2.32 bits per heavy atom. The molecule has 0 spiro atoms. The van der Waals surface area contributed by atoms with E-state index in [2.05, 4.69) is 37.2 Å². The van der Waals surface area contributed by atoms with Gasteiger partial charge in [0.15, 0.2) is 0 Å². The minimum absolute atomic E-state index is 0.161. The number of anilines is 3. The summed E-state index contributed by atoms with van der Waals surface area (Å²) in [6.07, 6.45) is 0. The highest BCUT2D eigenvalue weighted by molar-refractivity contribution is 9.11. The van der Waals surface area contributed by atoms with Gasteiger partial charge in [0.1, 0.15) is 0 Å². The summed E-state index contributed by atoms with van der Waals surface area (Å²) in [4.78, 5) is 10.8. The normalized spacial score (nSPS) is 10.2. The third-order valence-electron chi connectivity index (χ3n) is 2.52. The number of nitrogens with one attached hydrogen (secondary N) is 1. The number of para-hydroxylation sites is 1. The average molecular weight is 386 g/mol. The van der Waals surface area contributed by atoms with Gasteiger partial charge in [0.25, 0.3) is 0 Å². The minimum atomic E-state index is -1.000. The fourth-order valence-electron chi connectivity index (χ4n) is 1.56. The van der Waals surface area contributed by atoms with Gasteiger partial charge in [0.05, 0.1) is 22.6 Å². The van der Waals surface area contributed by atoms with Crippen LogP contribution in [0.2, 0.25) is 0 Å². The van der Waals surface area contributed by atoms with Crippen molar-refractivity contribution < 1.29 is 9.90 Å². The van der Waals surface area contributed by atoms with Crippen LogP contribution in [0, 0.1) is 0 Å². The van der Waals surface area contributed by atoms with Gasteiger partial charge in [-0.3, -0.25) is 0 Å². The first-order valence-corrected chi connectivity index (χ1v) is 6.91. The SMILES string of the molecule is Nc1cc(C(=O)O)ccc1Nc1c(Br)cccc1Br. The average Bonchev–Trinajstić information content (AvgIpc) is 2.35. The molecule has 0 aromatic heterocycles. The first kappa shape index (κ1) is 13.9. The molecule has 4 nitrogen and oxygen atoms in total. The molecule has 0 atom stereocenters. The molecule has 6 heteroatoms. The highest BCUT2D eigenvalue weighted by Gasteiger charge is 2.09. The summed E-state index contributed by atoms with van der Waals surface area (Å²) in [7, 11) is 0. The molecule has 0 bridgehead atoms. The molecule has 0 saturated heterocycles. The smallest absolute Gasteiger partial charge is 0.335 e. The van der Waals surface area contributed by atoms with Gasteiger partial charge in [-0.15, -0.1) is 0 Å². The summed E-state index contributed by atoms with van der Waals surface area (Å²) in [6, 6.07) is 10.3. The van der Waals surface area contributed by atoms with Crippen molar-refractivity contribution >= 4 is 54.9 Å². The molecule has 2 aromatic carbocycles. The van der Waals surface area contributed by atoms with Gasteiger partial charge in [-0.1, -0.05) is 6.07 Å². The Bertz CT molecular complexity index is 624. The van der Waals surface area contributed by atoms with Gasteiger partial charge in [-0.05, 0) is 62.2 Å². The lowest BCUT2D eigenvalue weighted by Crippen LogP contribution is -2.02. The van der Waals surface area contributed by atoms with Gasteiger partial charge in [0, 0.05) is 8.95 Å². The van der Waals surface area contributed by atoms with Crippen LogP contribution in [0.1, 0.15) is 10.4 Å². The topological polar surface area (TPSA) is 75.4 Å². The van der Waals surface area contributed by atoms with Crippen molar-refractivity contribution in [2.45, 2.75) is 0 Å². The number of carboxylic acids is 1. The van der Waals surface area contributed by atoms with E-state index in [-0.39, 0.29) is 5.56 Å². The molecule has 0 aliphatic heterocycles. The summed E-state index contributed by atoms with van der Waals surface area (Å²) in [6.45, 7) is 0. The van der Waals surface area contributed by atoms with Gasteiger partial charge in [-0.2, -0.15) is 0 Å². The van der Waals surface area contributed by atoms with E-state index < -0.39 is 5.97 Å². The standard InChI is InChI=1S/C13H10Br2N2O2/c14-8-2-1-3-9(15)12(8)17-11-5-4-7(13(18)19)6-10(11)16/h1-6,17H,16H2,(H,18,19). The number of halogens is 2. The second-order valence-electron chi connectivity index (χ2n) is 3.83. The summed E-state index contributed by atoms with van der Waals surface area (Å²) < 4.78 is 1.76. The second kappa shape index (κ2) is 5.63. The van der Waals surface area contributed by atoms with Crippen molar-refractivity contribution in [3.8, 4) is 0 Å². The predicted octanol–water partition coefficient (Wildman–Crippen LogP) is 4.24. The van der Waals surface area contributed by atoms with E-state index >= 15 is 0 Å². The van der Waals surface area contributed by atoms with Gasteiger partial charge < -0.3 is 16.2 Å². The van der Waals surface area contributed by atoms with Crippen LogP contribution in [-0.4, -0.2) is 11.1 Å². The van der Waals surface area contributed by atoms with Crippen molar-refractivity contribution in [1.29, 1.82) is 0 Å². The molecule has 0 saturated carbocycles. The number of nitrogens with two attached hydrogens (primary N) is 1. The molecule has 0 heterocycles. The van der Waals surface area contributed by atoms with E-state index in [9.17, 15) is 4.79 Å². The predicted molar refractivity (Wildman–Crippen MR) is 82.9 cm³/mol. The highest BCUT2D eigenvalue weighted by atomic mass is 79.9. The maximum absolute atomic E-state index is 10.8. The molecule has 0 aliphatic rings. The number of hydrogen-bond acceptors (Lipinski definition) is 3. The van der Waals surface area contributed by atoms with Crippen molar-refractivity contribution in [1.82, 2.24) is 0 Å². The van der Waals surface area contributed by atoms with Crippen LogP contribution in [0.3, 0.4) is 0 Å². The number of hydrogen-bond donors (Lipinski definition) is 3. The Morgan fingerprint density at radius 1 is 1.16 bits per heavy atom. The van der Waals surface area contributed by atoms with Crippen molar-refractivity contribution in [3.05, 3.63) is 50.9 Å². The molecular formula is C13H10Br2N2O2. The summed E-state index contributed by atoms with van der Waals surface area (Å²) in [5.74, 6) is -1.000. The van der Waals surface area contributed by atoms with E-state index in [0.29, 0.717) is 11.4 Å². The maximum Gasteiger partial charge on any atom is 0.335 e. The lowest BCUT2D eigenvalue weighted by Gasteiger charge is -2.13. The zero-order valence-corrected chi connectivity index (χ0v) is 12.8. The first-order chi connectivity index (χ1) is 8.99. The number of carbonyl (C=O) groups is 1. The van der Waals surface area contributed by atoms with Crippen LogP contribution in [0.4, 0.5) is 17.1 Å². The van der Waals surface area contributed by atoms with Gasteiger partial charge in [0.2, 0.25) is 0 Å². The van der Waals surface area contributed by atoms with Gasteiger partial charge in [-0.25, -0.2) is 4.79 Å². The molecular weight excluding hydrogens is 376 g/mol. The Balaban J connectivity index is 2.36. The molecule has 2 rings (SSSR count). The van der Waals surface area contributed by atoms with Crippen LogP contribution < -0.4 is 11.1 Å². The van der Waals surface area contributed by atoms with Crippen molar-refractivity contribution in [3.63, 3.8) is 0 Å². The van der Waals surface area contributed by atoms with Crippen molar-refractivity contribution in [2.24, 2.45) is 0 Å². The Labute approximate surface area is 126 Å². The Hall–Kier alpha value is -1.53. The molecule has 4 N–H and O–H groups in total. The maximum atomic E-state index is 10.8. The van der Waals surface area contributed by atoms with Crippen LogP contribution in [0.15, 0.2) is 45.3 Å². The third-order valence-corrected chi connectivity index (χ3v) is 3.84. The minimum Gasteiger partial charge on any atom is -0.478 e. The van der Waals surface area contributed by atoms with E-state index in [1.807, 2.05) is 18.2 Å². The molecule has 0 amide bonds. The zero-order valence-electron chi connectivity index (χ0n) is 9.65. The Morgan fingerprint density at radius 2 is 1.79 bits per heavy atom. The van der Waals surface area contributed by atoms with E-state index in [4.69, 9.17) is 10.8 Å². The molecule has 0 aliphatic carbocycles.